The number of likely N-dealkylation sites (tertiary alicyclic amines) is 1. The maximum Gasteiger partial charge on any atom is 0.257 e. The molecule has 1 aliphatic heterocycles. The summed E-state index contributed by atoms with van der Waals surface area (Å²) in [6.45, 7) is 3.01. The highest BCUT2D eigenvalue weighted by Gasteiger charge is 2.23. The number of benzene rings is 1. The summed E-state index contributed by atoms with van der Waals surface area (Å²) in [4.78, 5) is 18.6. The molecule has 2 aromatic rings. The monoisotopic (exact) mass is 290 g/mol. The molecule has 0 N–H and O–H groups in total. The zero-order chi connectivity index (χ0) is 13.9. The fourth-order valence-electron chi connectivity index (χ4n) is 2.59. The van der Waals surface area contributed by atoms with Crippen LogP contribution < -0.4 is 0 Å². The van der Waals surface area contributed by atoms with E-state index in [0.29, 0.717) is 17.0 Å². The molecule has 1 aromatic heterocycles. The predicted molar refractivity (Wildman–Crippen MR) is 79.8 cm³/mol. The molecule has 1 unspecified atom stereocenters. The lowest BCUT2D eigenvalue weighted by Crippen LogP contribution is -2.42. The molecule has 20 heavy (non-hydrogen) atoms. The van der Waals surface area contributed by atoms with Crippen LogP contribution in [0.5, 0.6) is 0 Å². The van der Waals surface area contributed by atoms with Gasteiger partial charge in [-0.05, 0) is 38.3 Å². The quantitative estimate of drug-likeness (QED) is 0.814. The van der Waals surface area contributed by atoms with Gasteiger partial charge in [-0.25, -0.2) is 4.98 Å². The highest BCUT2D eigenvalue weighted by Crippen LogP contribution is 2.24. The number of piperidine rings is 1. The summed E-state index contributed by atoms with van der Waals surface area (Å²) in [6.07, 6.45) is 3.45. The molecule has 0 radical (unpaired) electrons. The van der Waals surface area contributed by atoms with Crippen LogP contribution in [0.25, 0.3) is 11.1 Å². The number of hydrogen-bond acceptors (Lipinski definition) is 4. The van der Waals surface area contributed by atoms with Gasteiger partial charge in [0.25, 0.3) is 5.22 Å². The largest absolute Gasteiger partial charge is 0.431 e. The van der Waals surface area contributed by atoms with Crippen molar-refractivity contribution in [3.8, 4) is 0 Å². The number of rotatable bonds is 3. The van der Waals surface area contributed by atoms with Crippen molar-refractivity contribution in [1.29, 1.82) is 0 Å². The van der Waals surface area contributed by atoms with E-state index in [4.69, 9.17) is 4.42 Å². The molecule has 0 saturated carbocycles. The van der Waals surface area contributed by atoms with Crippen molar-refractivity contribution in [3.63, 3.8) is 0 Å². The normalized spacial score (nSPS) is 19.4. The number of hydrogen-bond donors (Lipinski definition) is 0. The molecule has 5 heteroatoms. The summed E-state index contributed by atoms with van der Waals surface area (Å²) in [5, 5.41) is 0.573. The lowest BCUT2D eigenvalue weighted by molar-refractivity contribution is -0.131. The molecule has 0 spiro atoms. The maximum absolute atomic E-state index is 12.2. The third-order valence-corrected chi connectivity index (χ3v) is 4.53. The number of para-hydroxylation sites is 2. The first-order valence-electron chi connectivity index (χ1n) is 7.02. The van der Waals surface area contributed by atoms with Gasteiger partial charge >= 0.3 is 0 Å². The molecular formula is C15H18N2O2S. The first-order valence-corrected chi connectivity index (χ1v) is 8.00. The van der Waals surface area contributed by atoms with E-state index < -0.39 is 0 Å². The summed E-state index contributed by atoms with van der Waals surface area (Å²) < 4.78 is 5.61. The topological polar surface area (TPSA) is 46.3 Å². The number of fused-ring (bicyclic) bond motifs is 1. The zero-order valence-corrected chi connectivity index (χ0v) is 12.4. The van der Waals surface area contributed by atoms with E-state index in [1.165, 1.54) is 18.2 Å². The molecular weight excluding hydrogens is 272 g/mol. The van der Waals surface area contributed by atoms with Crippen molar-refractivity contribution < 1.29 is 9.21 Å². The van der Waals surface area contributed by atoms with Crippen molar-refractivity contribution in [1.82, 2.24) is 9.88 Å². The highest BCUT2D eigenvalue weighted by atomic mass is 32.2. The van der Waals surface area contributed by atoms with Crippen molar-refractivity contribution >= 4 is 28.8 Å². The van der Waals surface area contributed by atoms with E-state index in [1.54, 1.807) is 0 Å². The summed E-state index contributed by atoms with van der Waals surface area (Å²) in [6, 6.07) is 8.02. The van der Waals surface area contributed by atoms with Gasteiger partial charge in [0.05, 0.1) is 5.75 Å². The molecule has 106 valence electrons. The van der Waals surface area contributed by atoms with Gasteiger partial charge in [-0.15, -0.1) is 0 Å². The van der Waals surface area contributed by atoms with Gasteiger partial charge in [0.1, 0.15) is 5.52 Å². The van der Waals surface area contributed by atoms with Crippen LogP contribution >= 0.6 is 11.8 Å². The van der Waals surface area contributed by atoms with E-state index in [9.17, 15) is 4.79 Å². The molecule has 1 fully saturated rings. The van der Waals surface area contributed by atoms with Gasteiger partial charge in [-0.2, -0.15) is 0 Å². The molecule has 1 aliphatic rings. The van der Waals surface area contributed by atoms with Crippen molar-refractivity contribution in [2.24, 2.45) is 0 Å². The minimum Gasteiger partial charge on any atom is -0.431 e. The van der Waals surface area contributed by atoms with Crippen molar-refractivity contribution in [2.75, 3.05) is 12.3 Å². The molecule has 4 nitrogen and oxygen atoms in total. The minimum absolute atomic E-state index is 0.185. The Balaban J connectivity index is 1.62. The molecule has 0 bridgehead atoms. The Hall–Kier alpha value is -1.49. The predicted octanol–water partition coefficient (Wildman–Crippen LogP) is 3.32. The van der Waals surface area contributed by atoms with Crippen LogP contribution in [0.4, 0.5) is 0 Å². The Morgan fingerprint density at radius 3 is 3.10 bits per heavy atom. The Morgan fingerprint density at radius 2 is 2.30 bits per heavy atom. The number of nitrogens with zero attached hydrogens (tertiary/aromatic N) is 2. The number of amides is 1. The first-order chi connectivity index (χ1) is 9.74. The summed E-state index contributed by atoms with van der Waals surface area (Å²) in [5.74, 6) is 0.585. The lowest BCUT2D eigenvalue weighted by atomic mass is 10.0. The standard InChI is InChI=1S/C15H18N2O2S/c1-11-6-4-5-9-17(11)14(18)10-20-15-16-12-7-2-3-8-13(12)19-15/h2-3,7-8,11H,4-6,9-10H2,1H3. The van der Waals surface area contributed by atoms with E-state index >= 15 is 0 Å². The molecule has 1 amide bonds. The molecule has 3 rings (SSSR count). The molecule has 0 aliphatic carbocycles. The third kappa shape index (κ3) is 2.82. The summed E-state index contributed by atoms with van der Waals surface area (Å²) >= 11 is 1.38. The molecule has 2 heterocycles. The molecule has 1 saturated heterocycles. The van der Waals surface area contributed by atoms with Gasteiger partial charge < -0.3 is 9.32 Å². The van der Waals surface area contributed by atoms with Gasteiger partial charge in [0, 0.05) is 12.6 Å². The minimum atomic E-state index is 0.185. The first kappa shape index (κ1) is 13.5. The fourth-order valence-corrected chi connectivity index (χ4v) is 3.31. The van der Waals surface area contributed by atoms with Crippen LogP contribution in [-0.4, -0.2) is 34.1 Å². The molecule has 1 atom stereocenters. The summed E-state index contributed by atoms with van der Waals surface area (Å²) in [7, 11) is 0. The number of oxazole rings is 1. The Labute approximate surface area is 122 Å². The Kier molecular flexibility index (Phi) is 3.96. The zero-order valence-electron chi connectivity index (χ0n) is 11.5. The van der Waals surface area contributed by atoms with Crippen LogP contribution in [-0.2, 0) is 4.79 Å². The fraction of sp³-hybridized carbons (Fsp3) is 0.467. The second kappa shape index (κ2) is 5.87. The average Bonchev–Trinajstić information content (AvgIpc) is 2.88. The van der Waals surface area contributed by atoms with E-state index in [1.807, 2.05) is 29.2 Å². The van der Waals surface area contributed by atoms with E-state index in [0.717, 1.165) is 30.5 Å². The molecule has 1 aromatic carbocycles. The number of aromatic nitrogens is 1. The Bertz CT molecular complexity index is 578. The summed E-state index contributed by atoms with van der Waals surface area (Å²) in [5.41, 5.74) is 1.61. The van der Waals surface area contributed by atoms with Gasteiger partial charge in [0.15, 0.2) is 5.58 Å². The van der Waals surface area contributed by atoms with Crippen LogP contribution in [0.2, 0.25) is 0 Å². The van der Waals surface area contributed by atoms with Gasteiger partial charge in [-0.3, -0.25) is 4.79 Å². The van der Waals surface area contributed by atoms with Gasteiger partial charge in [0.2, 0.25) is 5.91 Å². The average molecular weight is 290 g/mol. The highest BCUT2D eigenvalue weighted by molar-refractivity contribution is 7.99. The van der Waals surface area contributed by atoms with Crippen molar-refractivity contribution in [2.45, 2.75) is 37.5 Å². The second-order valence-electron chi connectivity index (χ2n) is 5.17. The van der Waals surface area contributed by atoms with Crippen molar-refractivity contribution in [3.05, 3.63) is 24.3 Å². The van der Waals surface area contributed by atoms with Crippen LogP contribution in [0.1, 0.15) is 26.2 Å². The van der Waals surface area contributed by atoms with Crippen LogP contribution in [0, 0.1) is 0 Å². The second-order valence-corrected chi connectivity index (χ2v) is 6.09. The van der Waals surface area contributed by atoms with E-state index in [-0.39, 0.29) is 5.91 Å². The maximum atomic E-state index is 12.2. The lowest BCUT2D eigenvalue weighted by Gasteiger charge is -2.33. The van der Waals surface area contributed by atoms with Crippen LogP contribution in [0.15, 0.2) is 33.9 Å². The Morgan fingerprint density at radius 1 is 1.45 bits per heavy atom. The number of carbonyl (C=O) groups is 1. The SMILES string of the molecule is CC1CCCCN1C(=O)CSc1nc2ccccc2o1. The smallest absolute Gasteiger partial charge is 0.257 e. The van der Waals surface area contributed by atoms with Crippen LogP contribution in [0.3, 0.4) is 0 Å². The van der Waals surface area contributed by atoms with E-state index in [2.05, 4.69) is 11.9 Å². The third-order valence-electron chi connectivity index (χ3n) is 3.72. The number of carbonyl (C=O) groups excluding carboxylic acids is 1. The number of thioether (sulfide) groups is 1. The van der Waals surface area contributed by atoms with Gasteiger partial charge in [-0.1, -0.05) is 23.9 Å².